The number of ether oxygens (including phenoxy) is 1. The lowest BCUT2D eigenvalue weighted by Gasteiger charge is -2.47. The Balaban J connectivity index is 1.62. The molecule has 184 valence electrons. The van der Waals surface area contributed by atoms with Gasteiger partial charge in [-0.2, -0.15) is 0 Å². The first-order chi connectivity index (χ1) is 16.3. The predicted molar refractivity (Wildman–Crippen MR) is 146 cm³/mol. The van der Waals surface area contributed by atoms with Gasteiger partial charge in [-0.05, 0) is 65.8 Å². The van der Waals surface area contributed by atoms with Gasteiger partial charge >= 0.3 is 0 Å². The standard InChI is InChI=1S/C31H44O2Si/c1-6-15-26-16-13-22-31(33-26)23-14-21-29(31)25(2)24-32-34(30(3,4)5,27-17-9-7-10-18-27)28-19-11-8-12-20-28/h6-12,17-20,25-26,29H,1,13-16,21-24H2,2-5H3/t25-,26-,29+,31+/m0/s1. The Kier molecular flexibility index (Phi) is 7.86. The molecule has 0 N–H and O–H groups in total. The maximum absolute atomic E-state index is 7.32. The van der Waals surface area contributed by atoms with Gasteiger partial charge in [0.25, 0.3) is 8.32 Å². The van der Waals surface area contributed by atoms with Crippen molar-refractivity contribution in [3.8, 4) is 0 Å². The van der Waals surface area contributed by atoms with Crippen LogP contribution in [0.1, 0.15) is 72.6 Å². The fraction of sp³-hybridized carbons (Fsp3) is 0.548. The molecule has 1 aliphatic heterocycles. The lowest BCUT2D eigenvalue weighted by Crippen LogP contribution is -2.67. The van der Waals surface area contributed by atoms with Gasteiger partial charge in [-0.3, -0.25) is 0 Å². The zero-order valence-corrected chi connectivity index (χ0v) is 22.8. The van der Waals surface area contributed by atoms with E-state index in [0.29, 0.717) is 17.9 Å². The van der Waals surface area contributed by atoms with Crippen LogP contribution in [0.2, 0.25) is 5.04 Å². The van der Waals surface area contributed by atoms with Crippen molar-refractivity contribution in [3.05, 3.63) is 73.3 Å². The summed E-state index contributed by atoms with van der Waals surface area (Å²) >= 11 is 0. The molecule has 1 saturated heterocycles. The molecule has 0 aromatic heterocycles. The quantitative estimate of drug-likeness (QED) is 0.305. The van der Waals surface area contributed by atoms with Crippen molar-refractivity contribution in [1.29, 1.82) is 0 Å². The minimum absolute atomic E-state index is 0.0131. The maximum atomic E-state index is 7.32. The Labute approximate surface area is 208 Å². The van der Waals surface area contributed by atoms with E-state index in [1.165, 1.54) is 48.9 Å². The fourth-order valence-corrected chi connectivity index (χ4v) is 11.6. The Morgan fingerprint density at radius 3 is 2.09 bits per heavy atom. The molecule has 4 atom stereocenters. The monoisotopic (exact) mass is 476 g/mol. The molecule has 1 aliphatic carbocycles. The molecule has 34 heavy (non-hydrogen) atoms. The average Bonchev–Trinajstić information content (AvgIpc) is 3.22. The number of hydrogen-bond acceptors (Lipinski definition) is 2. The van der Waals surface area contributed by atoms with E-state index < -0.39 is 8.32 Å². The third-order valence-electron chi connectivity index (χ3n) is 8.41. The minimum Gasteiger partial charge on any atom is -0.407 e. The summed E-state index contributed by atoms with van der Waals surface area (Å²) in [6.45, 7) is 14.3. The van der Waals surface area contributed by atoms with E-state index in [9.17, 15) is 0 Å². The zero-order valence-electron chi connectivity index (χ0n) is 21.8. The first-order valence-electron chi connectivity index (χ1n) is 13.4. The highest BCUT2D eigenvalue weighted by Gasteiger charge is 2.52. The molecule has 1 spiro atoms. The molecule has 0 amide bonds. The van der Waals surface area contributed by atoms with Gasteiger partial charge in [0.1, 0.15) is 0 Å². The van der Waals surface area contributed by atoms with Gasteiger partial charge in [-0.25, -0.2) is 0 Å². The summed E-state index contributed by atoms with van der Waals surface area (Å²) in [4.78, 5) is 0. The lowest BCUT2D eigenvalue weighted by molar-refractivity contribution is -0.157. The largest absolute Gasteiger partial charge is 0.407 e. The van der Waals surface area contributed by atoms with Gasteiger partial charge in [0.2, 0.25) is 0 Å². The highest BCUT2D eigenvalue weighted by Crippen LogP contribution is 2.50. The van der Waals surface area contributed by atoms with Gasteiger partial charge in [-0.15, -0.1) is 6.58 Å². The molecule has 0 radical (unpaired) electrons. The van der Waals surface area contributed by atoms with E-state index in [-0.39, 0.29) is 10.6 Å². The van der Waals surface area contributed by atoms with Gasteiger partial charge < -0.3 is 9.16 Å². The highest BCUT2D eigenvalue weighted by molar-refractivity contribution is 6.99. The van der Waals surface area contributed by atoms with Crippen LogP contribution in [0.4, 0.5) is 0 Å². The van der Waals surface area contributed by atoms with E-state index in [0.717, 1.165) is 13.0 Å². The maximum Gasteiger partial charge on any atom is 0.261 e. The van der Waals surface area contributed by atoms with Crippen molar-refractivity contribution < 1.29 is 9.16 Å². The third kappa shape index (κ3) is 4.85. The molecule has 0 bridgehead atoms. The molecule has 3 heteroatoms. The van der Waals surface area contributed by atoms with Crippen molar-refractivity contribution in [3.63, 3.8) is 0 Å². The van der Waals surface area contributed by atoms with Crippen molar-refractivity contribution in [2.45, 2.75) is 89.4 Å². The van der Waals surface area contributed by atoms with Gasteiger partial charge in [0, 0.05) is 6.61 Å². The molecule has 2 aliphatic rings. The van der Waals surface area contributed by atoms with Crippen LogP contribution in [0.15, 0.2) is 73.3 Å². The Morgan fingerprint density at radius 1 is 1.00 bits per heavy atom. The number of rotatable bonds is 8. The second-order valence-electron chi connectivity index (χ2n) is 11.7. The molecule has 2 aromatic rings. The molecular weight excluding hydrogens is 432 g/mol. The molecule has 4 rings (SSSR count). The predicted octanol–water partition coefficient (Wildman–Crippen LogP) is 6.88. The van der Waals surface area contributed by atoms with Crippen LogP contribution in [-0.4, -0.2) is 26.6 Å². The molecule has 0 unspecified atom stereocenters. The van der Waals surface area contributed by atoms with Gasteiger partial charge in [-0.1, -0.05) is 101 Å². The van der Waals surface area contributed by atoms with Crippen LogP contribution < -0.4 is 10.4 Å². The second-order valence-corrected chi connectivity index (χ2v) is 16.0. The summed E-state index contributed by atoms with van der Waals surface area (Å²) in [5.41, 5.74) is 0.0418. The van der Waals surface area contributed by atoms with E-state index >= 15 is 0 Å². The van der Waals surface area contributed by atoms with Gasteiger partial charge in [0.05, 0.1) is 11.7 Å². The van der Waals surface area contributed by atoms with E-state index in [2.05, 4.69) is 94.9 Å². The SMILES string of the molecule is C=CC[C@H]1CCC[C@]2(CCC[C@@H]2[C@@H](C)CO[Si](c2ccccc2)(c2ccccc2)C(C)(C)C)O1. The molecule has 2 nitrogen and oxygen atoms in total. The van der Waals surface area contributed by atoms with E-state index in [4.69, 9.17) is 9.16 Å². The smallest absolute Gasteiger partial charge is 0.261 e. The first kappa shape index (κ1) is 25.4. The Hall–Kier alpha value is -1.68. The Morgan fingerprint density at radius 2 is 1.56 bits per heavy atom. The first-order valence-corrected chi connectivity index (χ1v) is 15.3. The van der Waals surface area contributed by atoms with Crippen LogP contribution in [-0.2, 0) is 9.16 Å². The van der Waals surface area contributed by atoms with Crippen LogP contribution in [0.3, 0.4) is 0 Å². The van der Waals surface area contributed by atoms with Crippen LogP contribution in [0.5, 0.6) is 0 Å². The summed E-state index contributed by atoms with van der Waals surface area (Å²) < 4.78 is 14.2. The topological polar surface area (TPSA) is 18.5 Å². The van der Waals surface area contributed by atoms with Crippen molar-refractivity contribution in [2.24, 2.45) is 11.8 Å². The summed E-state index contributed by atoms with van der Waals surface area (Å²) in [7, 11) is -2.50. The minimum atomic E-state index is -2.50. The molecule has 1 saturated carbocycles. The van der Waals surface area contributed by atoms with E-state index in [1.54, 1.807) is 0 Å². The van der Waals surface area contributed by atoms with E-state index in [1.807, 2.05) is 6.08 Å². The second kappa shape index (κ2) is 10.5. The molecular formula is C31H44O2Si. The van der Waals surface area contributed by atoms with Crippen molar-refractivity contribution in [2.75, 3.05) is 6.61 Å². The summed E-state index contributed by atoms with van der Waals surface area (Å²) in [5.74, 6) is 1.03. The summed E-state index contributed by atoms with van der Waals surface area (Å²) in [6.07, 6.45) is 10.7. The zero-order chi connectivity index (χ0) is 24.2. The average molecular weight is 477 g/mol. The number of hydrogen-bond donors (Lipinski definition) is 0. The molecule has 1 heterocycles. The van der Waals surface area contributed by atoms with Crippen LogP contribution >= 0.6 is 0 Å². The van der Waals surface area contributed by atoms with Crippen LogP contribution in [0, 0.1) is 11.8 Å². The number of benzene rings is 2. The van der Waals surface area contributed by atoms with Crippen molar-refractivity contribution >= 4 is 18.7 Å². The summed E-state index contributed by atoms with van der Waals surface area (Å²) in [5, 5.41) is 2.74. The Bertz CT molecular complexity index is 880. The molecule has 2 fully saturated rings. The van der Waals surface area contributed by atoms with Gasteiger partial charge in [0.15, 0.2) is 0 Å². The highest BCUT2D eigenvalue weighted by atomic mass is 28.4. The summed E-state index contributed by atoms with van der Waals surface area (Å²) in [6, 6.07) is 22.0. The van der Waals surface area contributed by atoms with Crippen LogP contribution in [0.25, 0.3) is 0 Å². The fourth-order valence-electron chi connectivity index (χ4n) is 6.89. The van der Waals surface area contributed by atoms with Crippen molar-refractivity contribution in [1.82, 2.24) is 0 Å². The lowest BCUT2D eigenvalue weighted by atomic mass is 9.76. The normalized spacial score (nSPS) is 26.5. The molecule has 2 aromatic carbocycles. The third-order valence-corrected chi connectivity index (χ3v) is 13.4.